The van der Waals surface area contributed by atoms with Gasteiger partial charge >= 0.3 is 0 Å². The third kappa shape index (κ3) is 1.27. The Morgan fingerprint density at radius 3 is 3.00 bits per heavy atom. The zero-order valence-corrected chi connectivity index (χ0v) is 9.81. The van der Waals surface area contributed by atoms with Crippen LogP contribution in [0.2, 0.25) is 0 Å². The van der Waals surface area contributed by atoms with Gasteiger partial charge in [-0.1, -0.05) is 12.1 Å². The fourth-order valence-electron chi connectivity index (χ4n) is 2.59. The van der Waals surface area contributed by atoms with Gasteiger partial charge in [0, 0.05) is 0 Å². The molecule has 1 fully saturated rings. The highest BCUT2D eigenvalue weighted by Gasteiger charge is 2.48. The van der Waals surface area contributed by atoms with Crippen molar-refractivity contribution in [3.63, 3.8) is 0 Å². The van der Waals surface area contributed by atoms with E-state index in [0.29, 0.717) is 6.04 Å². The number of fused-ring (bicyclic) bond motifs is 2. The Balaban J connectivity index is 2.02. The smallest absolute Gasteiger partial charge is 0.163 e. The highest BCUT2D eigenvalue weighted by Crippen LogP contribution is 2.34. The zero-order valence-electron chi connectivity index (χ0n) is 9.81. The molecule has 0 aromatic heterocycles. The molecule has 1 unspecified atom stereocenters. The van der Waals surface area contributed by atoms with Gasteiger partial charge in [-0.05, 0) is 26.0 Å². The largest absolute Gasteiger partial charge is 0.346 e. The molecule has 2 heterocycles. The van der Waals surface area contributed by atoms with Crippen molar-refractivity contribution < 1.29 is 9.43 Å². The summed E-state index contributed by atoms with van der Waals surface area (Å²) in [6, 6.07) is 8.81. The molecule has 1 aromatic carbocycles. The average Bonchev–Trinajstić information content (AvgIpc) is 2.69. The van der Waals surface area contributed by atoms with Gasteiger partial charge in [-0.3, -0.25) is 0 Å². The number of rotatable bonds is 1. The van der Waals surface area contributed by atoms with Crippen LogP contribution in [0, 0.1) is 0 Å². The van der Waals surface area contributed by atoms with E-state index in [2.05, 4.69) is 31.4 Å². The summed E-state index contributed by atoms with van der Waals surface area (Å²) in [4.78, 5) is 5.91. The lowest BCUT2D eigenvalue weighted by Crippen LogP contribution is -2.64. The highest BCUT2D eigenvalue weighted by molar-refractivity contribution is 5.33. The average molecular weight is 220 g/mol. The normalized spacial score (nSPS) is 28.7. The van der Waals surface area contributed by atoms with Gasteiger partial charge in [0.05, 0.1) is 17.4 Å². The number of hydrazine groups is 1. The molecule has 0 aliphatic carbocycles. The molecule has 3 rings (SSSR count). The molecule has 2 aliphatic heterocycles. The Labute approximate surface area is 95.9 Å². The van der Waals surface area contributed by atoms with Crippen molar-refractivity contribution in [1.82, 2.24) is 10.7 Å². The van der Waals surface area contributed by atoms with E-state index in [1.54, 1.807) is 0 Å². The predicted octanol–water partition coefficient (Wildman–Crippen LogP) is 1.45. The summed E-state index contributed by atoms with van der Waals surface area (Å²) in [6.45, 7) is 7.58. The van der Waals surface area contributed by atoms with Gasteiger partial charge in [-0.2, -0.15) is 10.0 Å². The molecule has 1 aromatic rings. The van der Waals surface area contributed by atoms with Crippen molar-refractivity contribution in [2.75, 3.05) is 13.1 Å². The summed E-state index contributed by atoms with van der Waals surface area (Å²) in [5, 5.41) is 1.92. The van der Waals surface area contributed by atoms with E-state index in [1.807, 2.05) is 17.4 Å². The van der Waals surface area contributed by atoms with E-state index in [0.717, 1.165) is 30.0 Å². The van der Waals surface area contributed by atoms with Crippen molar-refractivity contribution in [1.29, 1.82) is 0 Å². The van der Waals surface area contributed by atoms with Crippen molar-refractivity contribution in [3.8, 4) is 5.75 Å². The molecule has 0 saturated carbocycles. The van der Waals surface area contributed by atoms with Crippen molar-refractivity contribution in [2.45, 2.75) is 26.4 Å². The van der Waals surface area contributed by atoms with Gasteiger partial charge in [0.15, 0.2) is 5.75 Å². The maximum atomic E-state index is 5.91. The van der Waals surface area contributed by atoms with Crippen LogP contribution in [-0.2, 0) is 6.54 Å². The molecule has 0 spiro atoms. The molecule has 4 heteroatoms. The molecular weight excluding hydrogens is 202 g/mol. The maximum Gasteiger partial charge on any atom is 0.163 e. The lowest BCUT2D eigenvalue weighted by molar-refractivity contribution is -1.08. The van der Waals surface area contributed by atoms with Gasteiger partial charge in [0.1, 0.15) is 19.1 Å². The minimum atomic E-state index is 0.517. The Morgan fingerprint density at radius 2 is 2.19 bits per heavy atom. The molecule has 2 aliphatic rings. The minimum absolute atomic E-state index is 0.517. The summed E-state index contributed by atoms with van der Waals surface area (Å²) in [5.41, 5.74) is 4.61. The van der Waals surface area contributed by atoms with E-state index in [9.17, 15) is 0 Å². The Kier molecular flexibility index (Phi) is 2.17. The molecule has 0 radical (unpaired) electrons. The number of benzene rings is 1. The molecular formula is C12H18N3O+. The van der Waals surface area contributed by atoms with Crippen LogP contribution < -0.4 is 10.3 Å². The van der Waals surface area contributed by atoms with Crippen LogP contribution in [0.3, 0.4) is 0 Å². The van der Waals surface area contributed by atoms with E-state index >= 15 is 0 Å². The number of quaternary nitrogens is 1. The number of hydrogen-bond donors (Lipinski definition) is 1. The number of para-hydroxylation sites is 1. The van der Waals surface area contributed by atoms with Gasteiger partial charge in [0.25, 0.3) is 0 Å². The quantitative estimate of drug-likeness (QED) is 0.725. The third-order valence-corrected chi connectivity index (χ3v) is 3.67. The van der Waals surface area contributed by atoms with Gasteiger partial charge in [0.2, 0.25) is 0 Å². The standard InChI is InChI=1S/C12H18N3O/c1-10(2)15-8-7-13-14(15)16-12-6-4-3-5-11(12)9-15/h3-6,10,13H,7-9H2,1-2H3/q+1. The predicted molar refractivity (Wildman–Crippen MR) is 60.9 cm³/mol. The third-order valence-electron chi connectivity index (χ3n) is 3.67. The first-order valence-electron chi connectivity index (χ1n) is 5.89. The van der Waals surface area contributed by atoms with Crippen LogP contribution in [0.1, 0.15) is 19.4 Å². The molecule has 16 heavy (non-hydrogen) atoms. The second-order valence-corrected chi connectivity index (χ2v) is 4.84. The van der Waals surface area contributed by atoms with Crippen molar-refractivity contribution in [3.05, 3.63) is 29.8 Å². The molecule has 4 nitrogen and oxygen atoms in total. The zero-order chi connectivity index (χ0) is 11.2. The van der Waals surface area contributed by atoms with Gasteiger partial charge in [-0.25, -0.2) is 0 Å². The van der Waals surface area contributed by atoms with Crippen LogP contribution in [0.25, 0.3) is 0 Å². The van der Waals surface area contributed by atoms with Gasteiger partial charge < -0.3 is 4.84 Å². The van der Waals surface area contributed by atoms with Crippen LogP contribution in [0.15, 0.2) is 24.3 Å². The molecule has 1 atom stereocenters. The number of nitrogens with one attached hydrogen (secondary N) is 1. The van der Waals surface area contributed by atoms with Crippen LogP contribution >= 0.6 is 0 Å². The SMILES string of the molecule is CC(C)[N+]12CCNN1Oc1ccccc1C2. The number of hydrogen-bond acceptors (Lipinski definition) is 3. The molecule has 86 valence electrons. The highest BCUT2D eigenvalue weighted by atomic mass is 16.8. The second-order valence-electron chi connectivity index (χ2n) is 4.84. The minimum Gasteiger partial charge on any atom is -0.346 e. The fraction of sp³-hybridized carbons (Fsp3) is 0.500. The van der Waals surface area contributed by atoms with E-state index in [4.69, 9.17) is 4.84 Å². The van der Waals surface area contributed by atoms with Crippen LogP contribution in [-0.4, -0.2) is 29.0 Å². The van der Waals surface area contributed by atoms with E-state index < -0.39 is 0 Å². The first-order chi connectivity index (χ1) is 7.72. The molecule has 1 saturated heterocycles. The summed E-state index contributed by atoms with van der Waals surface area (Å²) in [5.74, 6) is 0.978. The van der Waals surface area contributed by atoms with Crippen molar-refractivity contribution in [2.24, 2.45) is 0 Å². The van der Waals surface area contributed by atoms with E-state index in [-0.39, 0.29) is 0 Å². The Bertz CT molecular complexity index is 407. The summed E-state index contributed by atoms with van der Waals surface area (Å²) < 4.78 is 0.858. The topological polar surface area (TPSA) is 24.5 Å². The van der Waals surface area contributed by atoms with Crippen LogP contribution in [0.4, 0.5) is 0 Å². The molecule has 0 amide bonds. The molecule has 1 N–H and O–H groups in total. The maximum absolute atomic E-state index is 5.91. The monoisotopic (exact) mass is 220 g/mol. The lowest BCUT2D eigenvalue weighted by Gasteiger charge is -2.44. The summed E-state index contributed by atoms with van der Waals surface area (Å²) in [7, 11) is 0. The summed E-state index contributed by atoms with van der Waals surface area (Å²) >= 11 is 0. The fourth-order valence-corrected chi connectivity index (χ4v) is 2.59. The first-order valence-corrected chi connectivity index (χ1v) is 5.89. The van der Waals surface area contributed by atoms with E-state index in [1.165, 1.54) is 5.56 Å². The summed E-state index contributed by atoms with van der Waals surface area (Å²) in [6.07, 6.45) is 0. The second kappa shape index (κ2) is 3.45. The van der Waals surface area contributed by atoms with Crippen molar-refractivity contribution >= 4 is 0 Å². The Hall–Kier alpha value is -1.10. The van der Waals surface area contributed by atoms with Crippen LogP contribution in [0.5, 0.6) is 5.75 Å². The Morgan fingerprint density at radius 1 is 1.38 bits per heavy atom. The number of nitrogens with zero attached hydrogens (tertiary/aromatic N) is 2. The first kappa shape index (κ1) is 10.1. The molecule has 0 bridgehead atoms. The lowest BCUT2D eigenvalue weighted by atomic mass is 10.1. The van der Waals surface area contributed by atoms with Gasteiger partial charge in [-0.15, -0.1) is 0 Å².